The van der Waals surface area contributed by atoms with Crippen LogP contribution in [0.15, 0.2) is 34.1 Å². The Kier molecular flexibility index (Phi) is 3.44. The van der Waals surface area contributed by atoms with Crippen molar-refractivity contribution < 1.29 is 9.18 Å². The third-order valence-electron chi connectivity index (χ3n) is 2.11. The molecule has 0 spiro atoms. The molecule has 2 rings (SSSR count). The van der Waals surface area contributed by atoms with Crippen LogP contribution in [-0.4, -0.2) is 5.91 Å². The van der Waals surface area contributed by atoms with Gasteiger partial charge in [-0.1, -0.05) is 6.07 Å². The molecular weight excluding hydrogens is 307 g/mol. The summed E-state index contributed by atoms with van der Waals surface area (Å²) >= 11 is 4.51. The van der Waals surface area contributed by atoms with Crippen LogP contribution in [0.5, 0.6) is 0 Å². The molecule has 1 heterocycles. The van der Waals surface area contributed by atoms with E-state index >= 15 is 0 Å². The Morgan fingerprint density at radius 3 is 2.76 bits per heavy atom. The smallest absolute Gasteiger partial charge is 0.267 e. The number of nitrogens with one attached hydrogen (secondary N) is 1. The number of amides is 1. The van der Waals surface area contributed by atoms with Gasteiger partial charge in [-0.05, 0) is 39.5 Å². The highest BCUT2D eigenvalue weighted by atomic mass is 79.9. The van der Waals surface area contributed by atoms with Gasteiger partial charge in [-0.25, -0.2) is 4.39 Å². The first-order valence-electron chi connectivity index (χ1n) is 4.68. The number of halogens is 2. The summed E-state index contributed by atoms with van der Waals surface area (Å²) in [5, 5.41) is 4.23. The number of benzene rings is 1. The van der Waals surface area contributed by atoms with E-state index in [0.717, 1.165) is 0 Å². The number of para-hydroxylation sites is 1. The lowest BCUT2D eigenvalue weighted by Crippen LogP contribution is -2.13. The van der Waals surface area contributed by atoms with Gasteiger partial charge in [0.05, 0.1) is 5.69 Å². The second-order valence-electron chi connectivity index (χ2n) is 3.26. The Bertz CT molecular complexity index is 550. The highest BCUT2D eigenvalue weighted by Crippen LogP contribution is 2.26. The zero-order valence-electron chi connectivity index (χ0n) is 8.54. The van der Waals surface area contributed by atoms with E-state index < -0.39 is 5.82 Å². The first kappa shape index (κ1) is 12.1. The molecule has 1 amide bonds. The minimum atomic E-state index is -0.550. The van der Waals surface area contributed by atoms with Crippen molar-refractivity contribution in [1.82, 2.24) is 0 Å². The quantitative estimate of drug-likeness (QED) is 0.834. The molecule has 6 heteroatoms. The molecule has 0 atom stereocenters. The minimum absolute atomic E-state index is 0.0119. The molecule has 0 aliphatic carbocycles. The Hall–Kier alpha value is -1.40. The SMILES string of the molecule is Nc1cccc(F)c1NC(=O)c1sccc1Br. The lowest BCUT2D eigenvalue weighted by molar-refractivity contribution is 0.102. The molecule has 0 saturated carbocycles. The summed E-state index contributed by atoms with van der Waals surface area (Å²) in [6, 6.07) is 6.02. The van der Waals surface area contributed by atoms with Gasteiger partial charge in [-0.3, -0.25) is 4.79 Å². The Balaban J connectivity index is 2.28. The molecule has 17 heavy (non-hydrogen) atoms. The van der Waals surface area contributed by atoms with Crippen molar-refractivity contribution in [2.75, 3.05) is 11.1 Å². The van der Waals surface area contributed by atoms with Crippen molar-refractivity contribution in [3.63, 3.8) is 0 Å². The first-order valence-corrected chi connectivity index (χ1v) is 6.35. The molecule has 3 nitrogen and oxygen atoms in total. The normalized spacial score (nSPS) is 10.2. The molecule has 1 aromatic heterocycles. The van der Waals surface area contributed by atoms with Gasteiger partial charge in [-0.15, -0.1) is 11.3 Å². The Morgan fingerprint density at radius 2 is 2.18 bits per heavy atom. The fourth-order valence-corrected chi connectivity index (χ4v) is 2.75. The third kappa shape index (κ3) is 2.48. The number of hydrogen-bond acceptors (Lipinski definition) is 3. The summed E-state index contributed by atoms with van der Waals surface area (Å²) in [7, 11) is 0. The number of nitrogens with two attached hydrogens (primary N) is 1. The van der Waals surface area contributed by atoms with E-state index in [4.69, 9.17) is 5.73 Å². The number of nitrogen functional groups attached to an aromatic ring is 1. The van der Waals surface area contributed by atoms with Crippen molar-refractivity contribution >= 4 is 44.5 Å². The summed E-state index contributed by atoms with van der Waals surface area (Å²) in [6.45, 7) is 0. The zero-order chi connectivity index (χ0) is 12.4. The van der Waals surface area contributed by atoms with Crippen LogP contribution in [-0.2, 0) is 0 Å². The summed E-state index contributed by atoms with van der Waals surface area (Å²) in [6.07, 6.45) is 0. The molecule has 3 N–H and O–H groups in total. The van der Waals surface area contributed by atoms with Crippen LogP contribution < -0.4 is 11.1 Å². The van der Waals surface area contributed by atoms with Crippen molar-refractivity contribution in [2.24, 2.45) is 0 Å². The number of anilines is 2. The molecule has 1 aromatic carbocycles. The zero-order valence-corrected chi connectivity index (χ0v) is 10.9. The standard InChI is InChI=1S/C11H8BrFN2OS/c12-6-4-5-17-10(6)11(16)15-9-7(13)2-1-3-8(9)14/h1-5H,14H2,(H,15,16). The summed E-state index contributed by atoms with van der Waals surface area (Å²) in [4.78, 5) is 12.3. The van der Waals surface area contributed by atoms with Gasteiger partial charge in [0.25, 0.3) is 5.91 Å². The van der Waals surface area contributed by atoms with Crippen LogP contribution in [0.3, 0.4) is 0 Å². The lowest BCUT2D eigenvalue weighted by Gasteiger charge is -2.08. The molecule has 0 radical (unpaired) electrons. The van der Waals surface area contributed by atoms with Gasteiger partial charge in [0.15, 0.2) is 0 Å². The number of thiophene rings is 1. The van der Waals surface area contributed by atoms with Gasteiger partial charge >= 0.3 is 0 Å². The summed E-state index contributed by atoms with van der Waals surface area (Å²) < 4.78 is 14.1. The van der Waals surface area contributed by atoms with Crippen LogP contribution >= 0.6 is 27.3 Å². The molecule has 0 aliphatic heterocycles. The minimum Gasteiger partial charge on any atom is -0.397 e. The average Bonchev–Trinajstić information content (AvgIpc) is 2.70. The molecule has 0 fully saturated rings. The number of hydrogen-bond donors (Lipinski definition) is 2. The molecule has 0 unspecified atom stereocenters. The van der Waals surface area contributed by atoms with Crippen LogP contribution in [0, 0.1) is 5.82 Å². The maximum absolute atomic E-state index is 13.4. The lowest BCUT2D eigenvalue weighted by atomic mass is 10.2. The molecule has 0 saturated heterocycles. The second-order valence-corrected chi connectivity index (χ2v) is 5.03. The first-order chi connectivity index (χ1) is 8.09. The van der Waals surface area contributed by atoms with Crippen molar-refractivity contribution in [3.05, 3.63) is 44.8 Å². The van der Waals surface area contributed by atoms with Gasteiger partial charge in [0.2, 0.25) is 0 Å². The maximum atomic E-state index is 13.4. The molecular formula is C11H8BrFN2OS. The van der Waals surface area contributed by atoms with Crippen molar-refractivity contribution in [3.8, 4) is 0 Å². The van der Waals surface area contributed by atoms with E-state index in [-0.39, 0.29) is 17.3 Å². The van der Waals surface area contributed by atoms with Gasteiger partial charge in [-0.2, -0.15) is 0 Å². The van der Waals surface area contributed by atoms with E-state index in [1.165, 1.54) is 29.5 Å². The average molecular weight is 315 g/mol. The Morgan fingerprint density at radius 1 is 1.41 bits per heavy atom. The number of rotatable bonds is 2. The fourth-order valence-electron chi connectivity index (χ4n) is 1.30. The number of carbonyl (C=O) groups is 1. The van der Waals surface area contributed by atoms with Crippen molar-refractivity contribution in [1.29, 1.82) is 0 Å². The summed E-state index contributed by atoms with van der Waals surface area (Å²) in [5.74, 6) is -0.935. The molecule has 2 aromatic rings. The monoisotopic (exact) mass is 314 g/mol. The fraction of sp³-hybridized carbons (Fsp3) is 0. The van der Waals surface area contributed by atoms with Gasteiger partial charge in [0.1, 0.15) is 16.4 Å². The van der Waals surface area contributed by atoms with Crippen molar-refractivity contribution in [2.45, 2.75) is 0 Å². The molecule has 0 bridgehead atoms. The predicted octanol–water partition coefficient (Wildman–Crippen LogP) is 3.48. The topological polar surface area (TPSA) is 55.1 Å². The summed E-state index contributed by atoms with van der Waals surface area (Å²) in [5.41, 5.74) is 5.81. The van der Waals surface area contributed by atoms with Crippen LogP contribution in [0.4, 0.5) is 15.8 Å². The molecule has 0 aliphatic rings. The van der Waals surface area contributed by atoms with Crippen LogP contribution in [0.25, 0.3) is 0 Å². The highest BCUT2D eigenvalue weighted by molar-refractivity contribution is 9.10. The van der Waals surface area contributed by atoms with E-state index in [2.05, 4.69) is 21.2 Å². The van der Waals surface area contributed by atoms with E-state index in [1.807, 2.05) is 0 Å². The van der Waals surface area contributed by atoms with Gasteiger partial charge in [0, 0.05) is 4.47 Å². The third-order valence-corrected chi connectivity index (χ3v) is 3.94. The second kappa shape index (κ2) is 4.85. The predicted molar refractivity (Wildman–Crippen MR) is 70.8 cm³/mol. The van der Waals surface area contributed by atoms with E-state index in [9.17, 15) is 9.18 Å². The maximum Gasteiger partial charge on any atom is 0.267 e. The van der Waals surface area contributed by atoms with E-state index in [0.29, 0.717) is 9.35 Å². The van der Waals surface area contributed by atoms with Gasteiger partial charge < -0.3 is 11.1 Å². The van der Waals surface area contributed by atoms with Crippen LogP contribution in [0.1, 0.15) is 9.67 Å². The largest absolute Gasteiger partial charge is 0.397 e. The van der Waals surface area contributed by atoms with Crippen LogP contribution in [0.2, 0.25) is 0 Å². The van der Waals surface area contributed by atoms with E-state index in [1.54, 1.807) is 11.4 Å². The number of carbonyl (C=O) groups excluding carboxylic acids is 1. The highest BCUT2D eigenvalue weighted by Gasteiger charge is 2.15. The Labute approximate surface area is 110 Å². The molecule has 88 valence electrons.